The van der Waals surface area contributed by atoms with Gasteiger partial charge in [0, 0.05) is 52.3 Å². The lowest BCUT2D eigenvalue weighted by atomic mass is 10.1. The van der Waals surface area contributed by atoms with Crippen molar-refractivity contribution in [1.29, 1.82) is 0 Å². The predicted molar refractivity (Wildman–Crippen MR) is 89.2 cm³/mol. The summed E-state index contributed by atoms with van der Waals surface area (Å²) >= 11 is 0. The molecule has 132 valence electrons. The van der Waals surface area contributed by atoms with Crippen molar-refractivity contribution in [2.24, 2.45) is 0 Å². The maximum atomic E-state index is 12.3. The Bertz CT molecular complexity index is 385. The molecule has 2 aliphatic rings. The molecule has 2 rings (SSSR count). The zero-order chi connectivity index (χ0) is 16.7. The fourth-order valence-electron chi connectivity index (χ4n) is 3.34. The van der Waals surface area contributed by atoms with E-state index < -0.39 is 0 Å². The van der Waals surface area contributed by atoms with Crippen molar-refractivity contribution < 1.29 is 14.3 Å². The first-order valence-electron chi connectivity index (χ1n) is 9.03. The van der Waals surface area contributed by atoms with Crippen molar-refractivity contribution >= 4 is 11.8 Å². The summed E-state index contributed by atoms with van der Waals surface area (Å²) in [6.07, 6.45) is 3.93. The third-order valence-electron chi connectivity index (χ3n) is 4.90. The number of hydrogen-bond donors (Lipinski definition) is 0. The van der Waals surface area contributed by atoms with Crippen molar-refractivity contribution in [3.8, 4) is 0 Å². The van der Waals surface area contributed by atoms with Gasteiger partial charge in [0.2, 0.25) is 11.8 Å². The van der Waals surface area contributed by atoms with Crippen LogP contribution < -0.4 is 0 Å². The van der Waals surface area contributed by atoms with Crippen LogP contribution in [0.15, 0.2) is 0 Å². The normalized spacial score (nSPS) is 22.3. The Morgan fingerprint density at radius 3 is 2.39 bits per heavy atom. The maximum Gasteiger partial charge on any atom is 0.236 e. The van der Waals surface area contributed by atoms with E-state index in [1.165, 1.54) is 0 Å². The average Bonchev–Trinajstić information content (AvgIpc) is 3.08. The largest absolute Gasteiger partial charge is 0.378 e. The maximum absolute atomic E-state index is 12.3. The van der Waals surface area contributed by atoms with Gasteiger partial charge in [0.05, 0.1) is 12.6 Å². The molecule has 2 amide bonds. The number of rotatable bonds is 7. The van der Waals surface area contributed by atoms with E-state index in [2.05, 4.69) is 4.90 Å². The number of piperazine rings is 1. The zero-order valence-corrected chi connectivity index (χ0v) is 14.6. The molecule has 2 fully saturated rings. The molecule has 6 heteroatoms. The number of carbonyl (C=O) groups is 2. The molecule has 0 bridgehead atoms. The van der Waals surface area contributed by atoms with Gasteiger partial charge in [-0.2, -0.15) is 0 Å². The number of likely N-dealkylation sites (N-methyl/N-ethyl adjacent to an activating group) is 1. The fourth-order valence-corrected chi connectivity index (χ4v) is 3.34. The third kappa shape index (κ3) is 5.46. The molecule has 2 saturated heterocycles. The second-order valence-corrected chi connectivity index (χ2v) is 6.40. The highest BCUT2D eigenvalue weighted by Gasteiger charge is 2.24. The Hall–Kier alpha value is -1.14. The van der Waals surface area contributed by atoms with Crippen LogP contribution in [0.5, 0.6) is 0 Å². The van der Waals surface area contributed by atoms with Crippen LogP contribution >= 0.6 is 0 Å². The summed E-state index contributed by atoms with van der Waals surface area (Å²) in [5.41, 5.74) is 0. The first-order chi connectivity index (χ1) is 11.1. The molecule has 0 radical (unpaired) electrons. The third-order valence-corrected chi connectivity index (χ3v) is 4.90. The second kappa shape index (κ2) is 9.23. The van der Waals surface area contributed by atoms with E-state index in [9.17, 15) is 9.59 Å². The standard InChI is InChI=1S/C17H31N3O3/c1-3-19(4-2)17(22)14-18-9-11-20(12-10-18)16(21)8-7-15-6-5-13-23-15/h15H,3-14H2,1-2H3. The predicted octanol–water partition coefficient (Wildman–Crippen LogP) is 0.958. The zero-order valence-electron chi connectivity index (χ0n) is 14.6. The van der Waals surface area contributed by atoms with Crippen molar-refractivity contribution in [1.82, 2.24) is 14.7 Å². The highest BCUT2D eigenvalue weighted by molar-refractivity contribution is 5.78. The average molecular weight is 325 g/mol. The van der Waals surface area contributed by atoms with E-state index in [-0.39, 0.29) is 17.9 Å². The van der Waals surface area contributed by atoms with Crippen LogP contribution in [-0.4, -0.2) is 85.0 Å². The molecule has 0 aliphatic carbocycles. The molecule has 0 aromatic heterocycles. The van der Waals surface area contributed by atoms with Gasteiger partial charge in [0.15, 0.2) is 0 Å². The van der Waals surface area contributed by atoms with E-state index in [4.69, 9.17) is 4.74 Å². The first-order valence-corrected chi connectivity index (χ1v) is 9.03. The second-order valence-electron chi connectivity index (χ2n) is 6.40. The summed E-state index contributed by atoms with van der Waals surface area (Å²) in [6.45, 7) is 9.90. The molecule has 0 aromatic rings. The van der Waals surface area contributed by atoms with Gasteiger partial charge in [-0.15, -0.1) is 0 Å². The molecular weight excluding hydrogens is 294 g/mol. The SMILES string of the molecule is CCN(CC)C(=O)CN1CCN(C(=O)CCC2CCCO2)CC1. The fraction of sp³-hybridized carbons (Fsp3) is 0.882. The summed E-state index contributed by atoms with van der Waals surface area (Å²) in [4.78, 5) is 30.3. The number of amides is 2. The topological polar surface area (TPSA) is 53.1 Å². The Labute approximate surface area is 139 Å². The Kier molecular flexibility index (Phi) is 7.30. The van der Waals surface area contributed by atoms with Crippen LogP contribution in [0, 0.1) is 0 Å². The van der Waals surface area contributed by atoms with Gasteiger partial charge < -0.3 is 14.5 Å². The van der Waals surface area contributed by atoms with E-state index in [1.807, 2.05) is 23.6 Å². The molecule has 2 aliphatic heterocycles. The summed E-state index contributed by atoms with van der Waals surface area (Å²) in [5.74, 6) is 0.420. The lowest BCUT2D eigenvalue weighted by molar-refractivity contribution is -0.135. The number of carbonyl (C=O) groups excluding carboxylic acids is 2. The van der Waals surface area contributed by atoms with Crippen LogP contribution in [0.1, 0.15) is 39.5 Å². The highest BCUT2D eigenvalue weighted by Crippen LogP contribution is 2.17. The van der Waals surface area contributed by atoms with Crippen LogP contribution in [0.25, 0.3) is 0 Å². The summed E-state index contributed by atoms with van der Waals surface area (Å²) in [7, 11) is 0. The summed E-state index contributed by atoms with van der Waals surface area (Å²) < 4.78 is 5.57. The minimum atomic E-state index is 0.188. The minimum Gasteiger partial charge on any atom is -0.378 e. The van der Waals surface area contributed by atoms with Crippen molar-refractivity contribution in [2.45, 2.75) is 45.6 Å². The first kappa shape index (κ1) is 18.2. The lowest BCUT2D eigenvalue weighted by Gasteiger charge is -2.35. The monoisotopic (exact) mass is 325 g/mol. The van der Waals surface area contributed by atoms with Gasteiger partial charge in [-0.05, 0) is 33.1 Å². The van der Waals surface area contributed by atoms with Crippen LogP contribution in [0.4, 0.5) is 0 Å². The van der Waals surface area contributed by atoms with E-state index in [0.717, 1.165) is 65.1 Å². The van der Waals surface area contributed by atoms with Gasteiger partial charge in [-0.25, -0.2) is 0 Å². The molecule has 1 unspecified atom stereocenters. The minimum absolute atomic E-state index is 0.188. The molecule has 1 atom stereocenters. The molecule has 0 N–H and O–H groups in total. The Morgan fingerprint density at radius 1 is 1.13 bits per heavy atom. The molecule has 0 spiro atoms. The smallest absolute Gasteiger partial charge is 0.236 e. The number of ether oxygens (including phenoxy) is 1. The van der Waals surface area contributed by atoms with Gasteiger partial charge in [-0.1, -0.05) is 0 Å². The van der Waals surface area contributed by atoms with Crippen molar-refractivity contribution in [3.05, 3.63) is 0 Å². The highest BCUT2D eigenvalue weighted by atomic mass is 16.5. The van der Waals surface area contributed by atoms with Gasteiger partial charge in [0.25, 0.3) is 0 Å². The lowest BCUT2D eigenvalue weighted by Crippen LogP contribution is -2.51. The molecule has 0 saturated carbocycles. The van der Waals surface area contributed by atoms with E-state index in [0.29, 0.717) is 13.0 Å². The Balaban J connectivity index is 1.66. The van der Waals surface area contributed by atoms with Crippen LogP contribution in [-0.2, 0) is 14.3 Å². The number of nitrogens with zero attached hydrogens (tertiary/aromatic N) is 3. The van der Waals surface area contributed by atoms with E-state index in [1.54, 1.807) is 0 Å². The molecule has 6 nitrogen and oxygen atoms in total. The van der Waals surface area contributed by atoms with Crippen molar-refractivity contribution in [2.75, 3.05) is 52.4 Å². The summed E-state index contributed by atoms with van der Waals surface area (Å²) in [5, 5.41) is 0. The van der Waals surface area contributed by atoms with Gasteiger partial charge >= 0.3 is 0 Å². The molecule has 2 heterocycles. The Morgan fingerprint density at radius 2 is 1.83 bits per heavy atom. The van der Waals surface area contributed by atoms with Gasteiger partial charge in [-0.3, -0.25) is 14.5 Å². The molecule has 0 aromatic carbocycles. The molecular formula is C17H31N3O3. The quantitative estimate of drug-likeness (QED) is 0.700. The number of hydrogen-bond acceptors (Lipinski definition) is 4. The van der Waals surface area contributed by atoms with Crippen LogP contribution in [0.2, 0.25) is 0 Å². The summed E-state index contributed by atoms with van der Waals surface area (Å²) in [6, 6.07) is 0. The van der Waals surface area contributed by atoms with E-state index >= 15 is 0 Å². The molecule has 23 heavy (non-hydrogen) atoms. The van der Waals surface area contributed by atoms with Gasteiger partial charge in [0.1, 0.15) is 0 Å². The van der Waals surface area contributed by atoms with Crippen LogP contribution in [0.3, 0.4) is 0 Å². The van der Waals surface area contributed by atoms with Crippen molar-refractivity contribution in [3.63, 3.8) is 0 Å².